The Labute approximate surface area is 130 Å². The summed E-state index contributed by atoms with van der Waals surface area (Å²) in [6.07, 6.45) is 10.4. The highest BCUT2D eigenvalue weighted by Crippen LogP contribution is 2.59. The van der Waals surface area contributed by atoms with Crippen LogP contribution in [0.3, 0.4) is 0 Å². The second-order valence-electron chi connectivity index (χ2n) is 6.91. The first-order valence-electron chi connectivity index (χ1n) is 8.02. The minimum absolute atomic E-state index is 0.233. The van der Waals surface area contributed by atoms with Gasteiger partial charge < -0.3 is 0 Å². The third-order valence-electron chi connectivity index (χ3n) is 5.46. The van der Waals surface area contributed by atoms with Gasteiger partial charge in [0, 0.05) is 12.1 Å². The number of piperidine rings is 2. The summed E-state index contributed by atoms with van der Waals surface area (Å²) in [5, 5.41) is 0.911. The Bertz CT molecular complexity index is 632. The van der Waals surface area contributed by atoms with Crippen molar-refractivity contribution < 1.29 is 8.42 Å². The minimum atomic E-state index is -3.34. The van der Waals surface area contributed by atoms with E-state index in [0.717, 1.165) is 37.1 Å². The van der Waals surface area contributed by atoms with Gasteiger partial charge in [-0.15, -0.1) is 11.3 Å². The number of rotatable bonds is 3. The maximum Gasteiger partial charge on any atom is 0.254 e. The predicted octanol–water partition coefficient (Wildman–Crippen LogP) is 3.19. The van der Waals surface area contributed by atoms with Gasteiger partial charge in [-0.3, -0.25) is 0 Å². The fourth-order valence-corrected chi connectivity index (χ4v) is 7.36. The standard InChI is InChI=1S/C15H22N2O2S2/c1-2-13-16-10-14(20-13)21(18,19)17-11-4-3-5-12(17)9-15(8-11)6-7-15/h10-12H,2-9H2,1H3. The molecule has 1 spiro atoms. The van der Waals surface area contributed by atoms with Gasteiger partial charge in [-0.05, 0) is 50.4 Å². The van der Waals surface area contributed by atoms with Gasteiger partial charge in [-0.1, -0.05) is 13.3 Å². The monoisotopic (exact) mass is 326 g/mol. The van der Waals surface area contributed by atoms with Crippen LogP contribution in [0, 0.1) is 5.41 Å². The Balaban J connectivity index is 1.68. The molecule has 4 rings (SSSR count). The number of nitrogens with zero attached hydrogens (tertiary/aromatic N) is 2. The van der Waals surface area contributed by atoms with E-state index in [-0.39, 0.29) is 12.1 Å². The summed E-state index contributed by atoms with van der Waals surface area (Å²) in [4.78, 5) is 4.24. The molecular formula is C15H22N2O2S2. The van der Waals surface area contributed by atoms with Gasteiger partial charge in [-0.25, -0.2) is 13.4 Å². The van der Waals surface area contributed by atoms with Crippen molar-refractivity contribution in [2.75, 3.05) is 0 Å². The smallest absolute Gasteiger partial charge is 0.248 e. The summed E-state index contributed by atoms with van der Waals surface area (Å²) < 4.78 is 28.4. The van der Waals surface area contributed by atoms with Crippen LogP contribution in [-0.2, 0) is 16.4 Å². The van der Waals surface area contributed by atoms with Gasteiger partial charge in [0.15, 0.2) is 4.21 Å². The quantitative estimate of drug-likeness (QED) is 0.857. The Kier molecular flexibility index (Phi) is 3.21. The fraction of sp³-hybridized carbons (Fsp3) is 0.800. The second kappa shape index (κ2) is 4.77. The van der Waals surface area contributed by atoms with Crippen LogP contribution >= 0.6 is 11.3 Å². The molecule has 1 aromatic heterocycles. The molecule has 0 amide bonds. The molecule has 3 aliphatic rings. The highest BCUT2D eigenvalue weighted by atomic mass is 32.2. The average Bonchev–Trinajstić information content (AvgIpc) is 3.02. The van der Waals surface area contributed by atoms with Crippen LogP contribution in [0.5, 0.6) is 0 Å². The third kappa shape index (κ3) is 2.26. The zero-order valence-electron chi connectivity index (χ0n) is 12.4. The normalized spacial score (nSPS) is 31.5. The number of aryl methyl sites for hydroxylation is 1. The van der Waals surface area contributed by atoms with E-state index in [9.17, 15) is 8.42 Å². The van der Waals surface area contributed by atoms with Crippen LogP contribution in [0.25, 0.3) is 0 Å². The Hall–Kier alpha value is -0.460. The molecule has 1 aromatic rings. The molecule has 4 nitrogen and oxygen atoms in total. The molecule has 2 aliphatic heterocycles. The van der Waals surface area contributed by atoms with Crippen molar-refractivity contribution in [3.8, 4) is 0 Å². The lowest BCUT2D eigenvalue weighted by Gasteiger charge is -2.48. The molecule has 2 bridgehead atoms. The number of sulfonamides is 1. The number of aromatic nitrogens is 1. The molecule has 3 heterocycles. The number of thiazole rings is 1. The summed E-state index contributed by atoms with van der Waals surface area (Å²) >= 11 is 1.35. The van der Waals surface area contributed by atoms with Crippen LogP contribution in [0.4, 0.5) is 0 Å². The van der Waals surface area contributed by atoms with Gasteiger partial charge in [0.05, 0.1) is 11.2 Å². The molecular weight excluding hydrogens is 304 g/mol. The first kappa shape index (κ1) is 14.2. The molecule has 0 radical (unpaired) electrons. The van der Waals surface area contributed by atoms with Crippen molar-refractivity contribution in [1.29, 1.82) is 0 Å². The Morgan fingerprint density at radius 2 is 2.00 bits per heavy atom. The zero-order chi connectivity index (χ0) is 14.7. The summed E-state index contributed by atoms with van der Waals surface area (Å²) in [7, 11) is -3.34. The van der Waals surface area contributed by atoms with E-state index in [1.54, 1.807) is 6.20 Å². The van der Waals surface area contributed by atoms with E-state index >= 15 is 0 Å². The molecule has 1 saturated carbocycles. The van der Waals surface area contributed by atoms with E-state index in [0.29, 0.717) is 9.62 Å². The van der Waals surface area contributed by atoms with Gasteiger partial charge in [0.1, 0.15) is 0 Å². The van der Waals surface area contributed by atoms with Crippen LogP contribution in [0.1, 0.15) is 56.9 Å². The molecule has 21 heavy (non-hydrogen) atoms. The fourth-order valence-electron chi connectivity index (χ4n) is 4.27. The molecule has 2 unspecified atom stereocenters. The van der Waals surface area contributed by atoms with Crippen LogP contribution in [-0.4, -0.2) is 29.8 Å². The largest absolute Gasteiger partial charge is 0.254 e. The van der Waals surface area contributed by atoms with Crippen LogP contribution < -0.4 is 0 Å². The topological polar surface area (TPSA) is 50.3 Å². The van der Waals surface area contributed by atoms with Crippen LogP contribution in [0.15, 0.2) is 10.4 Å². The van der Waals surface area contributed by atoms with E-state index in [1.807, 2.05) is 11.2 Å². The average molecular weight is 326 g/mol. The number of hydrogen-bond acceptors (Lipinski definition) is 4. The molecule has 6 heteroatoms. The highest BCUT2D eigenvalue weighted by molar-refractivity contribution is 7.91. The van der Waals surface area contributed by atoms with Crippen molar-refractivity contribution >= 4 is 21.4 Å². The Morgan fingerprint density at radius 3 is 2.52 bits per heavy atom. The predicted molar refractivity (Wildman–Crippen MR) is 82.8 cm³/mol. The van der Waals surface area contributed by atoms with Crippen molar-refractivity contribution in [1.82, 2.24) is 9.29 Å². The maximum atomic E-state index is 13.1. The molecule has 0 N–H and O–H groups in total. The molecule has 116 valence electrons. The van der Waals surface area contributed by atoms with Gasteiger partial charge in [-0.2, -0.15) is 4.31 Å². The SMILES string of the molecule is CCc1ncc(S(=O)(=O)N2C3CCCC2CC2(CC2)C3)s1. The molecule has 2 atom stereocenters. The second-order valence-corrected chi connectivity index (χ2v) is 10.1. The minimum Gasteiger partial charge on any atom is -0.248 e. The van der Waals surface area contributed by atoms with Crippen molar-refractivity contribution in [2.24, 2.45) is 5.41 Å². The number of fused-ring (bicyclic) bond motifs is 2. The summed E-state index contributed by atoms with van der Waals surface area (Å²) in [5.74, 6) is 0. The van der Waals surface area contributed by atoms with Gasteiger partial charge in [0.25, 0.3) is 10.0 Å². The van der Waals surface area contributed by atoms with E-state index in [4.69, 9.17) is 0 Å². The summed E-state index contributed by atoms with van der Waals surface area (Å²) in [6, 6.07) is 0.467. The molecule has 1 aliphatic carbocycles. The van der Waals surface area contributed by atoms with Gasteiger partial charge in [0.2, 0.25) is 0 Å². The first-order chi connectivity index (χ1) is 10.0. The number of hydrogen-bond donors (Lipinski definition) is 0. The first-order valence-corrected chi connectivity index (χ1v) is 10.3. The third-order valence-corrected chi connectivity index (χ3v) is 9.04. The lowest BCUT2D eigenvalue weighted by atomic mass is 9.78. The van der Waals surface area contributed by atoms with E-state index in [2.05, 4.69) is 4.98 Å². The molecule has 0 aromatic carbocycles. The summed E-state index contributed by atoms with van der Waals surface area (Å²) in [6.45, 7) is 2.02. The van der Waals surface area contributed by atoms with E-state index in [1.165, 1.54) is 30.6 Å². The molecule has 2 saturated heterocycles. The van der Waals surface area contributed by atoms with Crippen LogP contribution in [0.2, 0.25) is 0 Å². The van der Waals surface area contributed by atoms with E-state index < -0.39 is 10.0 Å². The lowest BCUT2D eigenvalue weighted by molar-refractivity contribution is 0.0761. The summed E-state index contributed by atoms with van der Waals surface area (Å²) in [5.41, 5.74) is 0.504. The Morgan fingerprint density at radius 1 is 1.33 bits per heavy atom. The van der Waals surface area contributed by atoms with Crippen molar-refractivity contribution in [3.05, 3.63) is 11.2 Å². The van der Waals surface area contributed by atoms with Crippen molar-refractivity contribution in [3.63, 3.8) is 0 Å². The lowest BCUT2D eigenvalue weighted by Crippen LogP contribution is -2.54. The van der Waals surface area contributed by atoms with Gasteiger partial charge >= 0.3 is 0 Å². The zero-order valence-corrected chi connectivity index (χ0v) is 14.0. The molecule has 3 fully saturated rings. The highest BCUT2D eigenvalue weighted by Gasteiger charge is 2.55. The van der Waals surface area contributed by atoms with Crippen molar-refractivity contribution in [2.45, 2.75) is 74.6 Å². The maximum absolute atomic E-state index is 13.1.